The van der Waals surface area contributed by atoms with E-state index in [2.05, 4.69) is 94.5 Å². The van der Waals surface area contributed by atoms with Crippen LogP contribution in [0.4, 0.5) is 5.69 Å². The van der Waals surface area contributed by atoms with Crippen LogP contribution in [-0.4, -0.2) is 65.6 Å². The van der Waals surface area contributed by atoms with Crippen molar-refractivity contribution in [1.29, 1.82) is 0 Å². The van der Waals surface area contributed by atoms with Crippen molar-refractivity contribution in [3.63, 3.8) is 0 Å². The van der Waals surface area contributed by atoms with Crippen LogP contribution < -0.4 is 21.3 Å². The molecule has 0 unspecified atom stereocenters. The number of fused-ring (bicyclic) bond motifs is 1. The zero-order chi connectivity index (χ0) is 43.2. The maximum Gasteiger partial charge on any atom is 0.251 e. The van der Waals surface area contributed by atoms with Crippen LogP contribution in [0, 0.1) is 19.8 Å². The molecule has 2 amide bonds. The maximum atomic E-state index is 13.6. The molecule has 1 aliphatic rings. The number of aryl methyl sites for hydroxylation is 3. The van der Waals surface area contributed by atoms with Crippen LogP contribution in [0.5, 0.6) is 0 Å². The number of nitrogens with zero attached hydrogens (tertiary/aromatic N) is 4. The van der Waals surface area contributed by atoms with Crippen LogP contribution >= 0.6 is 0 Å². The van der Waals surface area contributed by atoms with Crippen LogP contribution in [0.1, 0.15) is 103 Å². The molecule has 0 aliphatic carbocycles. The molecule has 0 bridgehead atoms. The third-order valence-corrected chi connectivity index (χ3v) is 9.74. The van der Waals surface area contributed by atoms with Gasteiger partial charge in [-0.15, -0.1) is 12.8 Å². The molecule has 59 heavy (non-hydrogen) atoms. The number of carbonyl (C=O) groups excluding carboxylic acids is 2. The van der Waals surface area contributed by atoms with Gasteiger partial charge in [0, 0.05) is 74.0 Å². The number of anilines is 1. The average Bonchev–Trinajstić information content (AvgIpc) is 3.72. The molecule has 1 aliphatic heterocycles. The Labute approximate surface area is 351 Å². The molecule has 1 fully saturated rings. The van der Waals surface area contributed by atoms with Gasteiger partial charge in [-0.2, -0.15) is 5.10 Å². The Morgan fingerprint density at radius 1 is 0.898 bits per heavy atom. The molecular weight excluding hydrogens is 737 g/mol. The Kier molecular flexibility index (Phi) is 20.6. The first-order chi connectivity index (χ1) is 28.9. The Bertz CT molecular complexity index is 2130. The molecule has 6 rings (SSSR count). The Balaban J connectivity index is 0.00000148. The van der Waals surface area contributed by atoms with E-state index in [1.165, 1.54) is 0 Å². The second-order valence-corrected chi connectivity index (χ2v) is 13.4. The molecule has 0 atom stereocenters. The molecule has 3 aromatic carbocycles. The van der Waals surface area contributed by atoms with Crippen molar-refractivity contribution < 1.29 is 14.3 Å². The molecule has 5 aromatic rings. The minimum Gasteiger partial charge on any atom is -0.381 e. The van der Waals surface area contributed by atoms with E-state index >= 15 is 0 Å². The zero-order valence-corrected chi connectivity index (χ0v) is 36.3. The third-order valence-electron chi connectivity index (χ3n) is 9.74. The molecule has 0 saturated carbocycles. The normalized spacial score (nSPS) is 12.3. The fourth-order valence-electron chi connectivity index (χ4n) is 6.67. The summed E-state index contributed by atoms with van der Waals surface area (Å²) in [6.45, 7) is 18.3. The molecule has 11 heteroatoms. The number of ether oxygens (including phenoxy) is 1. The van der Waals surface area contributed by atoms with E-state index in [0.29, 0.717) is 50.4 Å². The monoisotopic (exact) mass is 801 g/mol. The second-order valence-electron chi connectivity index (χ2n) is 13.4. The molecule has 0 spiro atoms. The van der Waals surface area contributed by atoms with Gasteiger partial charge < -0.3 is 26.0 Å². The lowest BCUT2D eigenvalue weighted by atomic mass is 9.98. The van der Waals surface area contributed by atoms with E-state index in [-0.39, 0.29) is 24.4 Å². The van der Waals surface area contributed by atoms with Crippen molar-refractivity contribution in [2.75, 3.05) is 32.1 Å². The molecule has 3 heterocycles. The number of carbonyl (C=O) groups is 2. The van der Waals surface area contributed by atoms with E-state index in [0.717, 1.165) is 75.2 Å². The first-order valence-electron chi connectivity index (χ1n) is 20.9. The predicted molar refractivity (Wildman–Crippen MR) is 244 cm³/mol. The number of hydrogen-bond donors (Lipinski definition) is 4. The highest BCUT2D eigenvalue weighted by Gasteiger charge is 2.22. The fourth-order valence-corrected chi connectivity index (χ4v) is 6.67. The number of hydrogen-bond acceptors (Lipinski definition) is 8. The molecule has 11 nitrogen and oxygen atoms in total. The van der Waals surface area contributed by atoms with Gasteiger partial charge in [-0.3, -0.25) is 14.6 Å². The molecule has 4 N–H and O–H groups in total. The number of pyridine rings is 1. The standard InChI is InChI=1S/C42H50N8O3.2C2H6.C2H2/c1-5-38-36(39(48-35-15-19-53-20-16-35)37-27-47-50(6-2)40(37)49-38)26-46-42(52)33-12-8-11-32(23-33)41(51)45-25-34-22-31(14-13-28(34)3)30-10-7-9-29(21-30)24-44-18-17-43-4;3*1-2/h7-14,18,21-23,27,35,43H,5-6,15-17,19-20,24-26H2,1-4H3,(H,45,51)(H,46,52)(H,48,49);2*1-2H3;1-2H. The zero-order valence-electron chi connectivity index (χ0n) is 36.3. The van der Waals surface area contributed by atoms with Gasteiger partial charge in [0.2, 0.25) is 0 Å². The summed E-state index contributed by atoms with van der Waals surface area (Å²) in [4.78, 5) is 36.5. The van der Waals surface area contributed by atoms with Crippen molar-refractivity contribution in [3.05, 3.63) is 112 Å². The van der Waals surface area contributed by atoms with Gasteiger partial charge in [0.05, 0.1) is 23.8 Å². The molecular formula is C48H64N8O3. The van der Waals surface area contributed by atoms with Crippen molar-refractivity contribution in [3.8, 4) is 24.0 Å². The lowest BCUT2D eigenvalue weighted by Gasteiger charge is -2.26. The molecule has 1 saturated heterocycles. The lowest BCUT2D eigenvalue weighted by molar-refractivity contribution is 0.0904. The Morgan fingerprint density at radius 3 is 2.22 bits per heavy atom. The van der Waals surface area contributed by atoms with E-state index in [1.54, 1.807) is 24.3 Å². The van der Waals surface area contributed by atoms with Crippen molar-refractivity contribution >= 4 is 34.7 Å². The smallest absolute Gasteiger partial charge is 0.251 e. The minimum atomic E-state index is -0.262. The highest BCUT2D eigenvalue weighted by molar-refractivity contribution is 6.00. The summed E-state index contributed by atoms with van der Waals surface area (Å²) in [6.07, 6.45) is 14.3. The van der Waals surface area contributed by atoms with E-state index in [4.69, 9.17) is 9.72 Å². The number of nitrogens with one attached hydrogen (secondary N) is 4. The largest absolute Gasteiger partial charge is 0.381 e. The van der Waals surface area contributed by atoms with Gasteiger partial charge in [0.25, 0.3) is 11.8 Å². The highest BCUT2D eigenvalue weighted by atomic mass is 16.5. The van der Waals surface area contributed by atoms with Gasteiger partial charge in [-0.25, -0.2) is 9.67 Å². The van der Waals surface area contributed by atoms with Crippen LogP contribution in [0.15, 0.2) is 77.9 Å². The van der Waals surface area contributed by atoms with Crippen LogP contribution in [-0.2, 0) is 37.3 Å². The van der Waals surface area contributed by atoms with Crippen molar-refractivity contribution in [2.45, 2.75) is 99.9 Å². The van der Waals surface area contributed by atoms with Crippen molar-refractivity contribution in [1.82, 2.24) is 30.7 Å². The topological polar surface area (TPSA) is 135 Å². The SMILES string of the molecule is C#C.CC.CC.CCc1nc2c(cnn2CC)c(NC2CCOCC2)c1CNC(=O)c1cccc(C(=O)NCc2cc(-c3cccc(CN=CCNC)c3)ccc2C)c1. The van der Waals surface area contributed by atoms with Gasteiger partial charge in [-0.05, 0) is 98.3 Å². The summed E-state index contributed by atoms with van der Waals surface area (Å²) in [5.41, 5.74) is 9.92. The summed E-state index contributed by atoms with van der Waals surface area (Å²) in [6, 6.07) is 21.8. The number of aliphatic imine (C=N–C) groups is 1. The number of amides is 2. The summed E-state index contributed by atoms with van der Waals surface area (Å²) in [7, 11) is 1.90. The van der Waals surface area contributed by atoms with Crippen LogP contribution in [0.2, 0.25) is 0 Å². The molecule has 0 radical (unpaired) electrons. The van der Waals surface area contributed by atoms with E-state index < -0.39 is 0 Å². The highest BCUT2D eigenvalue weighted by Crippen LogP contribution is 2.31. The summed E-state index contributed by atoms with van der Waals surface area (Å²) < 4.78 is 7.51. The Hall–Kier alpha value is -5.83. The minimum absolute atomic E-state index is 0.246. The number of benzene rings is 3. The molecule has 314 valence electrons. The Morgan fingerprint density at radius 2 is 1.56 bits per heavy atom. The first kappa shape index (κ1) is 47.5. The van der Waals surface area contributed by atoms with Crippen LogP contribution in [0.25, 0.3) is 22.2 Å². The van der Waals surface area contributed by atoms with Crippen molar-refractivity contribution in [2.24, 2.45) is 4.99 Å². The summed E-state index contributed by atoms with van der Waals surface area (Å²) in [5.74, 6) is -0.508. The summed E-state index contributed by atoms with van der Waals surface area (Å²) in [5, 5.41) is 18.5. The summed E-state index contributed by atoms with van der Waals surface area (Å²) >= 11 is 0. The quantitative estimate of drug-likeness (QED) is 0.0616. The third kappa shape index (κ3) is 13.1. The van der Waals surface area contributed by atoms with Gasteiger partial charge in [-0.1, -0.05) is 71.0 Å². The number of rotatable bonds is 15. The lowest BCUT2D eigenvalue weighted by Crippen LogP contribution is -2.30. The fraction of sp³-hybridized carbons (Fsp3) is 0.396. The maximum absolute atomic E-state index is 13.6. The number of terminal acetylenes is 1. The predicted octanol–water partition coefficient (Wildman–Crippen LogP) is 8.53. The second kappa shape index (κ2) is 25.5. The first-order valence-corrected chi connectivity index (χ1v) is 20.9. The van der Waals surface area contributed by atoms with E-state index in [1.807, 2.05) is 64.8 Å². The molecule has 2 aromatic heterocycles. The average molecular weight is 801 g/mol. The van der Waals surface area contributed by atoms with E-state index in [9.17, 15) is 9.59 Å². The number of aromatic nitrogens is 3. The van der Waals surface area contributed by atoms with Crippen LogP contribution in [0.3, 0.4) is 0 Å². The van der Waals surface area contributed by atoms with Gasteiger partial charge in [0.15, 0.2) is 5.65 Å². The van der Waals surface area contributed by atoms with Gasteiger partial charge in [0.1, 0.15) is 0 Å². The van der Waals surface area contributed by atoms with Gasteiger partial charge >= 0.3 is 0 Å².